The lowest BCUT2D eigenvalue weighted by Gasteiger charge is -2.06. The quantitative estimate of drug-likeness (QED) is 0.680. The van der Waals surface area contributed by atoms with Gasteiger partial charge in [0.25, 0.3) is 5.91 Å². The Labute approximate surface area is 127 Å². The number of carbonyl (C=O) groups is 2. The SMILES string of the molecule is COC(=O)c1cn(C(=O)c2ccccc2C)c2ccccc12. The molecule has 0 spiro atoms. The van der Waals surface area contributed by atoms with Crippen LogP contribution in [0.4, 0.5) is 0 Å². The number of fused-ring (bicyclic) bond motifs is 1. The van der Waals surface area contributed by atoms with Gasteiger partial charge in [-0.25, -0.2) is 4.79 Å². The topological polar surface area (TPSA) is 48.3 Å². The molecular weight excluding hydrogens is 278 g/mol. The predicted molar refractivity (Wildman–Crippen MR) is 84.2 cm³/mol. The summed E-state index contributed by atoms with van der Waals surface area (Å²) in [6, 6.07) is 14.7. The monoisotopic (exact) mass is 293 g/mol. The molecular formula is C18H15NO3. The molecule has 0 aliphatic heterocycles. The maximum atomic E-state index is 12.8. The van der Waals surface area contributed by atoms with Crippen LogP contribution in [0.1, 0.15) is 26.3 Å². The van der Waals surface area contributed by atoms with E-state index in [0.717, 1.165) is 5.56 Å². The third-order valence-electron chi connectivity index (χ3n) is 3.71. The number of benzene rings is 2. The van der Waals surface area contributed by atoms with Crippen LogP contribution in [0.25, 0.3) is 10.9 Å². The predicted octanol–water partition coefficient (Wildman–Crippen LogP) is 3.42. The van der Waals surface area contributed by atoms with Gasteiger partial charge in [0.1, 0.15) is 0 Å². The van der Waals surface area contributed by atoms with Gasteiger partial charge in [-0.2, -0.15) is 0 Å². The average Bonchev–Trinajstić information content (AvgIpc) is 2.94. The lowest BCUT2D eigenvalue weighted by atomic mass is 10.1. The van der Waals surface area contributed by atoms with Crippen molar-refractivity contribution >= 4 is 22.8 Å². The van der Waals surface area contributed by atoms with E-state index in [1.165, 1.54) is 11.7 Å². The minimum Gasteiger partial charge on any atom is -0.465 e. The fourth-order valence-corrected chi connectivity index (χ4v) is 2.56. The van der Waals surface area contributed by atoms with Crippen LogP contribution < -0.4 is 0 Å². The van der Waals surface area contributed by atoms with Gasteiger partial charge in [0.2, 0.25) is 0 Å². The van der Waals surface area contributed by atoms with E-state index < -0.39 is 5.97 Å². The van der Waals surface area contributed by atoms with Crippen molar-refractivity contribution in [2.45, 2.75) is 6.92 Å². The number of aromatic nitrogens is 1. The van der Waals surface area contributed by atoms with E-state index in [1.54, 1.807) is 12.3 Å². The second-order valence-electron chi connectivity index (χ2n) is 5.04. The van der Waals surface area contributed by atoms with Crippen molar-refractivity contribution in [3.63, 3.8) is 0 Å². The molecule has 3 aromatic rings. The van der Waals surface area contributed by atoms with E-state index in [-0.39, 0.29) is 5.91 Å². The van der Waals surface area contributed by atoms with Crippen LogP contribution in [-0.2, 0) is 4.74 Å². The van der Waals surface area contributed by atoms with Gasteiger partial charge in [0.05, 0.1) is 18.2 Å². The molecule has 0 bridgehead atoms. The maximum Gasteiger partial charge on any atom is 0.340 e. The van der Waals surface area contributed by atoms with Crippen LogP contribution in [0.15, 0.2) is 54.7 Å². The highest BCUT2D eigenvalue weighted by Gasteiger charge is 2.20. The average molecular weight is 293 g/mol. The highest BCUT2D eigenvalue weighted by Crippen LogP contribution is 2.23. The number of methoxy groups -OCH3 is 1. The normalized spacial score (nSPS) is 10.6. The Morgan fingerprint density at radius 3 is 2.36 bits per heavy atom. The van der Waals surface area contributed by atoms with Crippen LogP contribution in [0.2, 0.25) is 0 Å². The number of hydrogen-bond donors (Lipinski definition) is 0. The van der Waals surface area contributed by atoms with Crippen LogP contribution >= 0.6 is 0 Å². The summed E-state index contributed by atoms with van der Waals surface area (Å²) in [5.41, 5.74) is 2.58. The van der Waals surface area contributed by atoms with Gasteiger partial charge in [0.15, 0.2) is 0 Å². The summed E-state index contributed by atoms with van der Waals surface area (Å²) in [4.78, 5) is 24.7. The number of rotatable bonds is 2. The van der Waals surface area contributed by atoms with Gasteiger partial charge in [-0.05, 0) is 24.6 Å². The molecule has 0 aliphatic rings. The summed E-state index contributed by atoms with van der Waals surface area (Å²) < 4.78 is 6.31. The van der Waals surface area contributed by atoms with Gasteiger partial charge in [0, 0.05) is 17.1 Å². The van der Waals surface area contributed by atoms with Gasteiger partial charge < -0.3 is 4.74 Å². The Hall–Kier alpha value is -2.88. The Bertz CT molecular complexity index is 877. The third kappa shape index (κ3) is 2.19. The molecule has 0 saturated heterocycles. The lowest BCUT2D eigenvalue weighted by Crippen LogP contribution is -2.12. The van der Waals surface area contributed by atoms with Crippen molar-refractivity contribution in [3.05, 3.63) is 71.4 Å². The molecule has 2 aromatic carbocycles. The van der Waals surface area contributed by atoms with Gasteiger partial charge in [-0.15, -0.1) is 0 Å². The van der Waals surface area contributed by atoms with Crippen molar-refractivity contribution in [1.29, 1.82) is 0 Å². The van der Waals surface area contributed by atoms with E-state index in [4.69, 9.17) is 4.74 Å². The number of esters is 1. The summed E-state index contributed by atoms with van der Waals surface area (Å²) in [6.07, 6.45) is 1.55. The largest absolute Gasteiger partial charge is 0.465 e. The minimum absolute atomic E-state index is 0.163. The molecule has 1 heterocycles. The smallest absolute Gasteiger partial charge is 0.340 e. The second-order valence-corrected chi connectivity index (χ2v) is 5.04. The van der Waals surface area contributed by atoms with Crippen LogP contribution in [0.5, 0.6) is 0 Å². The van der Waals surface area contributed by atoms with Crippen molar-refractivity contribution < 1.29 is 14.3 Å². The fourth-order valence-electron chi connectivity index (χ4n) is 2.56. The van der Waals surface area contributed by atoms with Crippen molar-refractivity contribution in [3.8, 4) is 0 Å². The van der Waals surface area contributed by atoms with E-state index in [0.29, 0.717) is 22.0 Å². The molecule has 0 atom stereocenters. The van der Waals surface area contributed by atoms with Gasteiger partial charge in [-0.3, -0.25) is 9.36 Å². The number of ether oxygens (including phenoxy) is 1. The molecule has 0 radical (unpaired) electrons. The van der Waals surface area contributed by atoms with Gasteiger partial charge >= 0.3 is 5.97 Å². The molecule has 0 unspecified atom stereocenters. The number of nitrogens with zero attached hydrogens (tertiary/aromatic N) is 1. The Balaban J connectivity index is 2.22. The second kappa shape index (κ2) is 5.48. The zero-order chi connectivity index (χ0) is 15.7. The minimum atomic E-state index is -0.451. The first-order valence-corrected chi connectivity index (χ1v) is 6.92. The summed E-state index contributed by atoms with van der Waals surface area (Å²) in [7, 11) is 1.33. The number of hydrogen-bond acceptors (Lipinski definition) is 3. The van der Waals surface area contributed by atoms with Crippen molar-refractivity contribution in [2.75, 3.05) is 7.11 Å². The number of para-hydroxylation sites is 1. The number of carbonyl (C=O) groups excluding carboxylic acids is 2. The van der Waals surface area contributed by atoms with E-state index in [9.17, 15) is 9.59 Å². The zero-order valence-corrected chi connectivity index (χ0v) is 12.4. The molecule has 0 saturated carbocycles. The molecule has 0 amide bonds. The first kappa shape index (κ1) is 14.1. The first-order valence-electron chi connectivity index (χ1n) is 6.92. The number of aryl methyl sites for hydroxylation is 1. The zero-order valence-electron chi connectivity index (χ0n) is 12.4. The van der Waals surface area contributed by atoms with Crippen LogP contribution in [0, 0.1) is 6.92 Å². The molecule has 0 aliphatic carbocycles. The lowest BCUT2D eigenvalue weighted by molar-refractivity contribution is 0.0603. The molecule has 22 heavy (non-hydrogen) atoms. The van der Waals surface area contributed by atoms with Crippen molar-refractivity contribution in [2.24, 2.45) is 0 Å². The van der Waals surface area contributed by atoms with Crippen LogP contribution in [0.3, 0.4) is 0 Å². The molecule has 1 aromatic heterocycles. The Kier molecular flexibility index (Phi) is 3.51. The molecule has 110 valence electrons. The highest BCUT2D eigenvalue weighted by molar-refractivity contribution is 6.10. The Morgan fingerprint density at radius 2 is 1.64 bits per heavy atom. The van der Waals surface area contributed by atoms with Crippen LogP contribution in [-0.4, -0.2) is 23.6 Å². The third-order valence-corrected chi connectivity index (χ3v) is 3.71. The van der Waals surface area contributed by atoms with E-state index in [1.807, 2.05) is 49.4 Å². The molecule has 0 fully saturated rings. The van der Waals surface area contributed by atoms with E-state index in [2.05, 4.69) is 0 Å². The summed E-state index contributed by atoms with van der Waals surface area (Å²) >= 11 is 0. The molecule has 4 heteroatoms. The van der Waals surface area contributed by atoms with E-state index >= 15 is 0 Å². The molecule has 3 rings (SSSR count). The summed E-state index contributed by atoms with van der Waals surface area (Å²) in [6.45, 7) is 1.89. The first-order chi connectivity index (χ1) is 10.6. The standard InChI is InChI=1S/C18H15NO3/c1-12-7-3-4-8-13(12)17(20)19-11-15(18(21)22-2)14-9-5-6-10-16(14)19/h3-11H,1-2H3. The molecule has 0 N–H and O–H groups in total. The van der Waals surface area contributed by atoms with Gasteiger partial charge in [-0.1, -0.05) is 36.4 Å². The van der Waals surface area contributed by atoms with Crippen molar-refractivity contribution in [1.82, 2.24) is 4.57 Å². The Morgan fingerprint density at radius 1 is 0.955 bits per heavy atom. The summed E-state index contributed by atoms with van der Waals surface area (Å²) in [5.74, 6) is -0.614. The highest BCUT2D eigenvalue weighted by atomic mass is 16.5. The summed E-state index contributed by atoms with van der Waals surface area (Å²) in [5, 5.41) is 0.705. The molecule has 4 nitrogen and oxygen atoms in total. The maximum absolute atomic E-state index is 12.8. The fraction of sp³-hybridized carbons (Fsp3) is 0.111.